The summed E-state index contributed by atoms with van der Waals surface area (Å²) in [6.07, 6.45) is 20.5. The number of hydrogen-bond donors (Lipinski definition) is 3. The third-order valence-electron chi connectivity index (χ3n) is 10.4. The first-order valence-electron chi connectivity index (χ1n) is 14.9. The highest BCUT2D eigenvalue weighted by Gasteiger charge is 2.53. The van der Waals surface area contributed by atoms with Gasteiger partial charge in [-0.2, -0.15) is 0 Å². The molecule has 38 heavy (non-hydrogen) atoms. The van der Waals surface area contributed by atoms with Crippen LogP contribution in [-0.2, 0) is 11.8 Å². The Bertz CT molecular complexity index is 1110. The first-order chi connectivity index (χ1) is 18.2. The van der Waals surface area contributed by atoms with Crippen molar-refractivity contribution in [1.29, 1.82) is 0 Å². The highest BCUT2D eigenvalue weighted by molar-refractivity contribution is 7.11. The Morgan fingerprint density at radius 1 is 1.18 bits per heavy atom. The van der Waals surface area contributed by atoms with Crippen molar-refractivity contribution in [2.45, 2.75) is 115 Å². The number of thiazole rings is 1. The predicted molar refractivity (Wildman–Crippen MR) is 156 cm³/mol. The molecule has 0 amide bonds. The molecular formula is C33H47NO3S. The van der Waals surface area contributed by atoms with E-state index in [1.807, 2.05) is 6.20 Å². The Balaban J connectivity index is 1.27. The molecule has 0 unspecified atom stereocenters. The number of aliphatic hydroxyl groups excluding tert-OH is 3. The molecule has 0 aliphatic heterocycles. The second-order valence-electron chi connectivity index (χ2n) is 12.9. The molecule has 7 atom stereocenters. The van der Waals surface area contributed by atoms with Gasteiger partial charge in [0.05, 0.1) is 23.7 Å². The summed E-state index contributed by atoms with van der Waals surface area (Å²) < 4.78 is 0. The average Bonchev–Trinajstić information content (AvgIpc) is 3.42. The van der Waals surface area contributed by atoms with Gasteiger partial charge in [0.1, 0.15) is 5.01 Å². The first kappa shape index (κ1) is 28.0. The summed E-state index contributed by atoms with van der Waals surface area (Å²) in [6, 6.07) is 0. The van der Waals surface area contributed by atoms with Crippen molar-refractivity contribution < 1.29 is 15.3 Å². The number of fused-ring (bicyclic) bond motifs is 1. The molecule has 0 aromatic carbocycles. The minimum Gasteiger partial charge on any atom is -0.393 e. The summed E-state index contributed by atoms with van der Waals surface area (Å²) in [4.78, 5) is 6.05. The summed E-state index contributed by atoms with van der Waals surface area (Å²) >= 11 is 1.80. The van der Waals surface area contributed by atoms with Gasteiger partial charge in [-0.05, 0) is 92.1 Å². The van der Waals surface area contributed by atoms with Gasteiger partial charge < -0.3 is 15.3 Å². The van der Waals surface area contributed by atoms with Gasteiger partial charge in [0, 0.05) is 17.5 Å². The summed E-state index contributed by atoms with van der Waals surface area (Å²) in [5.41, 5.74) is 3.39. The van der Waals surface area contributed by atoms with E-state index >= 15 is 0 Å². The fraction of sp³-hybridized carbons (Fsp3) is 0.667. The van der Waals surface area contributed by atoms with E-state index in [0.717, 1.165) is 48.3 Å². The Hall–Kier alpha value is -1.53. The average molecular weight is 538 g/mol. The molecule has 0 bridgehead atoms. The highest BCUT2D eigenvalue weighted by Crippen LogP contribution is 2.60. The van der Waals surface area contributed by atoms with E-state index in [0.29, 0.717) is 30.6 Å². The molecule has 4 fully saturated rings. The van der Waals surface area contributed by atoms with Crippen molar-refractivity contribution >= 4 is 11.3 Å². The molecule has 1 heterocycles. The van der Waals surface area contributed by atoms with E-state index in [-0.39, 0.29) is 10.8 Å². The molecule has 0 saturated heterocycles. The number of aromatic nitrogens is 1. The molecule has 5 heteroatoms. The summed E-state index contributed by atoms with van der Waals surface area (Å²) in [6.45, 7) is 11.1. The van der Waals surface area contributed by atoms with Gasteiger partial charge in [0.15, 0.2) is 0 Å². The van der Waals surface area contributed by atoms with Crippen LogP contribution in [0.4, 0.5) is 0 Å². The van der Waals surface area contributed by atoms with Gasteiger partial charge in [-0.25, -0.2) is 4.98 Å². The van der Waals surface area contributed by atoms with E-state index in [4.69, 9.17) is 4.98 Å². The molecule has 1 aromatic heterocycles. The molecule has 4 saturated carbocycles. The molecule has 4 aliphatic carbocycles. The minimum atomic E-state index is -0.636. The van der Waals surface area contributed by atoms with Crippen LogP contribution in [0.15, 0.2) is 53.8 Å². The van der Waals surface area contributed by atoms with Crippen LogP contribution in [0, 0.1) is 23.2 Å². The lowest BCUT2D eigenvalue weighted by molar-refractivity contribution is 0.0862. The number of allylic oxidation sites excluding steroid dienone is 4. The predicted octanol–water partition coefficient (Wildman–Crippen LogP) is 6.82. The monoisotopic (exact) mass is 537 g/mol. The fourth-order valence-electron chi connectivity index (χ4n) is 7.88. The van der Waals surface area contributed by atoms with Crippen molar-refractivity contribution in [2.24, 2.45) is 23.2 Å². The molecule has 0 spiro atoms. The van der Waals surface area contributed by atoms with Crippen LogP contribution in [-0.4, -0.2) is 38.6 Å². The molecule has 0 radical (unpaired) electrons. The maximum Gasteiger partial charge on any atom is 0.102 e. The van der Waals surface area contributed by atoms with Gasteiger partial charge >= 0.3 is 0 Å². The molecule has 1 aromatic rings. The zero-order chi connectivity index (χ0) is 27.1. The molecule has 5 rings (SSSR count). The summed E-state index contributed by atoms with van der Waals surface area (Å²) in [5, 5.41) is 32.7. The summed E-state index contributed by atoms with van der Waals surface area (Å²) in [7, 11) is 0. The molecule has 4 nitrogen and oxygen atoms in total. The number of rotatable bonds is 8. The summed E-state index contributed by atoms with van der Waals surface area (Å²) in [5.74, 6) is 1.60. The quantitative estimate of drug-likeness (QED) is 0.318. The van der Waals surface area contributed by atoms with Crippen LogP contribution in [0.25, 0.3) is 0 Å². The third-order valence-corrected chi connectivity index (χ3v) is 11.6. The second-order valence-corrected chi connectivity index (χ2v) is 14.0. The number of aryl methyl sites for hydroxylation is 1. The zero-order valence-electron chi connectivity index (χ0n) is 23.5. The van der Waals surface area contributed by atoms with E-state index in [2.05, 4.69) is 51.7 Å². The van der Waals surface area contributed by atoms with E-state index in [1.54, 1.807) is 11.3 Å². The van der Waals surface area contributed by atoms with E-state index in [9.17, 15) is 15.3 Å². The first-order valence-corrected chi connectivity index (χ1v) is 15.8. The topological polar surface area (TPSA) is 73.6 Å². The lowest BCUT2D eigenvalue weighted by Crippen LogP contribution is -2.35. The van der Waals surface area contributed by atoms with Crippen molar-refractivity contribution in [3.63, 3.8) is 0 Å². The van der Waals surface area contributed by atoms with Gasteiger partial charge in [0.2, 0.25) is 0 Å². The van der Waals surface area contributed by atoms with Crippen LogP contribution >= 0.6 is 11.3 Å². The number of aliphatic hydroxyl groups is 3. The Morgan fingerprint density at radius 2 is 1.97 bits per heavy atom. The van der Waals surface area contributed by atoms with Crippen LogP contribution in [0.3, 0.4) is 0 Å². The van der Waals surface area contributed by atoms with Gasteiger partial charge in [-0.1, -0.05) is 63.6 Å². The highest BCUT2D eigenvalue weighted by atomic mass is 32.1. The molecule has 4 aliphatic rings. The van der Waals surface area contributed by atoms with Crippen LogP contribution in [0.1, 0.15) is 94.9 Å². The Morgan fingerprint density at radius 3 is 2.71 bits per heavy atom. The lowest BCUT2D eigenvalue weighted by Gasteiger charge is -2.44. The number of hydrogen-bond acceptors (Lipinski definition) is 5. The normalized spacial score (nSPS) is 36.6. The maximum atomic E-state index is 11.2. The van der Waals surface area contributed by atoms with Crippen LogP contribution < -0.4 is 0 Å². The molecule has 3 N–H and O–H groups in total. The van der Waals surface area contributed by atoms with Gasteiger partial charge in [-0.3, -0.25) is 0 Å². The second kappa shape index (κ2) is 11.2. The Labute approximate surface area is 233 Å². The van der Waals surface area contributed by atoms with Crippen molar-refractivity contribution in [2.75, 3.05) is 0 Å². The van der Waals surface area contributed by atoms with Crippen molar-refractivity contribution in [3.05, 3.63) is 63.7 Å². The van der Waals surface area contributed by atoms with Gasteiger partial charge in [0.25, 0.3) is 0 Å². The van der Waals surface area contributed by atoms with Crippen molar-refractivity contribution in [3.8, 4) is 0 Å². The van der Waals surface area contributed by atoms with Crippen molar-refractivity contribution in [1.82, 2.24) is 4.98 Å². The molecule has 208 valence electrons. The number of nitrogens with zero attached hydrogens (tertiary/aromatic N) is 1. The van der Waals surface area contributed by atoms with E-state index < -0.39 is 18.3 Å². The largest absolute Gasteiger partial charge is 0.393 e. The van der Waals surface area contributed by atoms with Crippen LogP contribution in [0.2, 0.25) is 0 Å². The zero-order valence-corrected chi connectivity index (χ0v) is 24.3. The van der Waals surface area contributed by atoms with E-state index in [1.165, 1.54) is 36.1 Å². The van der Waals surface area contributed by atoms with Gasteiger partial charge in [-0.15, -0.1) is 11.3 Å². The smallest absolute Gasteiger partial charge is 0.102 e. The third kappa shape index (κ3) is 5.29. The SMILES string of the molecule is C=C1/C(=C\C=C2/CCC[C@]3(C)[C@@H]([C@H](C)/C=C/[C@H](O)C4(c5ncc(CCC)s5)CC4)CC[C@@H]23)C[C@@H](O)C[C@@H]1O. The fourth-order valence-corrected chi connectivity index (χ4v) is 9.17. The standard InChI is InChI=1S/C33H47NO3S/c1-5-7-26-20-34-31(38-26)33(16-17-33)30(37)14-9-21(2)27-12-13-28-23(8-6-15-32(27,28)4)10-11-24-18-25(35)19-29(36)22(24)3/h9-11,14,20-21,25,27-30,35-37H,3,5-8,12-13,15-19H2,1-2,4H3/b14-9+,23-10+,24-11-/t21-,25-,27-,28+,29+,30+,32-/m1/s1. The maximum absolute atomic E-state index is 11.2. The minimum absolute atomic E-state index is 0.159. The molecular weight excluding hydrogens is 490 g/mol. The van der Waals surface area contributed by atoms with Crippen LogP contribution in [0.5, 0.6) is 0 Å². The lowest BCUT2D eigenvalue weighted by atomic mass is 9.61. The Kier molecular flexibility index (Phi) is 8.22.